The molecule has 0 radical (unpaired) electrons. The summed E-state index contributed by atoms with van der Waals surface area (Å²) in [6, 6.07) is 7.18. The van der Waals surface area contributed by atoms with E-state index in [4.69, 9.17) is 4.74 Å². The lowest BCUT2D eigenvalue weighted by atomic mass is 10.1. The number of likely N-dealkylation sites (tertiary alicyclic amines) is 1. The molecule has 1 aromatic carbocycles. The minimum absolute atomic E-state index is 0.697. The van der Waals surface area contributed by atoms with E-state index in [-0.39, 0.29) is 0 Å². The second kappa shape index (κ2) is 6.21. The second-order valence-corrected chi connectivity index (χ2v) is 5.14. The fourth-order valence-electron chi connectivity index (χ4n) is 2.72. The second-order valence-electron chi connectivity index (χ2n) is 5.14. The van der Waals surface area contributed by atoms with E-state index in [1.807, 2.05) is 7.05 Å². The van der Waals surface area contributed by atoms with E-state index in [1.165, 1.54) is 30.5 Å². The highest BCUT2D eigenvalue weighted by Crippen LogP contribution is 2.25. The van der Waals surface area contributed by atoms with Gasteiger partial charge in [-0.05, 0) is 51.1 Å². The molecule has 1 aliphatic heterocycles. The summed E-state index contributed by atoms with van der Waals surface area (Å²) in [7, 11) is 3.73. The molecule has 18 heavy (non-hydrogen) atoms. The highest BCUT2D eigenvalue weighted by Gasteiger charge is 2.21. The van der Waals surface area contributed by atoms with Crippen molar-refractivity contribution in [3.8, 4) is 5.75 Å². The van der Waals surface area contributed by atoms with Crippen molar-refractivity contribution in [1.82, 2.24) is 10.2 Å². The Balaban J connectivity index is 2.15. The van der Waals surface area contributed by atoms with Crippen molar-refractivity contribution >= 4 is 0 Å². The number of nitrogens with zero attached hydrogens (tertiary/aromatic N) is 1. The number of hydrogen-bond acceptors (Lipinski definition) is 3. The number of nitrogens with one attached hydrogen (secondary N) is 1. The van der Waals surface area contributed by atoms with Crippen LogP contribution in [0, 0.1) is 0 Å². The van der Waals surface area contributed by atoms with Crippen LogP contribution in [0.3, 0.4) is 0 Å². The topological polar surface area (TPSA) is 24.5 Å². The molecule has 1 heterocycles. The molecule has 100 valence electrons. The van der Waals surface area contributed by atoms with Gasteiger partial charge in [-0.25, -0.2) is 0 Å². The molecule has 1 atom stereocenters. The van der Waals surface area contributed by atoms with Gasteiger partial charge in [-0.15, -0.1) is 0 Å². The van der Waals surface area contributed by atoms with Crippen molar-refractivity contribution in [3.63, 3.8) is 0 Å². The minimum atomic E-state index is 0.697. The summed E-state index contributed by atoms with van der Waals surface area (Å²) in [4.78, 5) is 2.54. The Morgan fingerprint density at radius 3 is 2.89 bits per heavy atom. The largest absolute Gasteiger partial charge is 0.496 e. The highest BCUT2D eigenvalue weighted by molar-refractivity contribution is 5.37. The van der Waals surface area contributed by atoms with Gasteiger partial charge in [0.2, 0.25) is 0 Å². The Morgan fingerprint density at radius 1 is 1.44 bits per heavy atom. The van der Waals surface area contributed by atoms with Crippen LogP contribution in [0.4, 0.5) is 0 Å². The molecule has 1 unspecified atom stereocenters. The first kappa shape index (κ1) is 13.4. The molecule has 0 saturated carbocycles. The van der Waals surface area contributed by atoms with Crippen LogP contribution < -0.4 is 10.1 Å². The Morgan fingerprint density at radius 2 is 2.28 bits per heavy atom. The van der Waals surface area contributed by atoms with Gasteiger partial charge in [0.1, 0.15) is 5.75 Å². The van der Waals surface area contributed by atoms with Crippen molar-refractivity contribution in [1.29, 1.82) is 0 Å². The normalized spacial score (nSPS) is 20.3. The van der Waals surface area contributed by atoms with Gasteiger partial charge in [-0.3, -0.25) is 4.90 Å². The first-order valence-corrected chi connectivity index (χ1v) is 6.79. The summed E-state index contributed by atoms with van der Waals surface area (Å²) in [6.45, 7) is 5.44. The monoisotopic (exact) mass is 248 g/mol. The molecule has 1 saturated heterocycles. The summed E-state index contributed by atoms with van der Waals surface area (Å²) >= 11 is 0. The lowest BCUT2D eigenvalue weighted by molar-refractivity contribution is 0.256. The summed E-state index contributed by atoms with van der Waals surface area (Å²) < 4.78 is 5.48. The zero-order valence-corrected chi connectivity index (χ0v) is 11.7. The van der Waals surface area contributed by atoms with Crippen molar-refractivity contribution in [3.05, 3.63) is 29.3 Å². The molecular weight excluding hydrogens is 224 g/mol. The summed E-state index contributed by atoms with van der Waals surface area (Å²) in [5.41, 5.74) is 2.62. The molecule has 0 bridgehead atoms. The average molecular weight is 248 g/mol. The molecule has 2 rings (SSSR count). The molecule has 1 N–H and O–H groups in total. The van der Waals surface area contributed by atoms with E-state index < -0.39 is 0 Å². The molecule has 1 fully saturated rings. The Bertz CT molecular complexity index is 392. The van der Waals surface area contributed by atoms with Crippen LogP contribution in [0.15, 0.2) is 18.2 Å². The van der Waals surface area contributed by atoms with Gasteiger partial charge < -0.3 is 10.1 Å². The number of hydrogen-bond donors (Lipinski definition) is 1. The first-order valence-electron chi connectivity index (χ1n) is 6.79. The van der Waals surface area contributed by atoms with Crippen LogP contribution in [0.25, 0.3) is 0 Å². The maximum atomic E-state index is 5.48. The predicted octanol–water partition coefficient (Wildman–Crippen LogP) is 2.40. The third-order valence-electron chi connectivity index (χ3n) is 3.79. The van der Waals surface area contributed by atoms with Crippen molar-refractivity contribution in [2.24, 2.45) is 0 Å². The lowest BCUT2D eigenvalue weighted by Crippen LogP contribution is -2.26. The molecule has 0 aromatic heterocycles. The molecule has 0 aliphatic carbocycles. The quantitative estimate of drug-likeness (QED) is 0.866. The number of methoxy groups -OCH3 is 1. The van der Waals surface area contributed by atoms with Gasteiger partial charge in [-0.2, -0.15) is 0 Å². The number of rotatable bonds is 5. The zero-order chi connectivity index (χ0) is 13.0. The maximum Gasteiger partial charge on any atom is 0.123 e. The van der Waals surface area contributed by atoms with Crippen molar-refractivity contribution < 1.29 is 4.74 Å². The lowest BCUT2D eigenvalue weighted by Gasteiger charge is -2.22. The molecule has 0 spiro atoms. The van der Waals surface area contributed by atoms with Gasteiger partial charge in [0.15, 0.2) is 0 Å². The minimum Gasteiger partial charge on any atom is -0.496 e. The van der Waals surface area contributed by atoms with Crippen LogP contribution in [-0.4, -0.2) is 31.6 Å². The van der Waals surface area contributed by atoms with Gasteiger partial charge in [0, 0.05) is 24.7 Å². The molecule has 3 heteroatoms. The molecule has 0 amide bonds. The Kier molecular flexibility index (Phi) is 4.61. The molecule has 1 aromatic rings. The van der Waals surface area contributed by atoms with Crippen molar-refractivity contribution in [2.75, 3.05) is 20.7 Å². The zero-order valence-electron chi connectivity index (χ0n) is 11.7. The third-order valence-corrected chi connectivity index (χ3v) is 3.79. The molecule has 1 aliphatic rings. The number of ether oxygens (including phenoxy) is 1. The predicted molar refractivity (Wildman–Crippen MR) is 74.9 cm³/mol. The van der Waals surface area contributed by atoms with Crippen LogP contribution in [0.1, 0.15) is 30.9 Å². The van der Waals surface area contributed by atoms with Crippen LogP contribution >= 0.6 is 0 Å². The SMILES string of the molecule is CNCc1ccc(OC)c(CN2CCCC2C)c1. The van der Waals surface area contributed by atoms with Crippen LogP contribution in [0.5, 0.6) is 5.75 Å². The standard InChI is InChI=1S/C15H24N2O/c1-12-5-4-8-17(12)11-14-9-13(10-16-2)6-7-15(14)18-3/h6-7,9,12,16H,4-5,8,10-11H2,1-3H3. The first-order chi connectivity index (χ1) is 8.74. The van der Waals surface area contributed by atoms with Gasteiger partial charge in [-0.1, -0.05) is 6.07 Å². The van der Waals surface area contributed by atoms with Gasteiger partial charge in [0.05, 0.1) is 7.11 Å². The fourth-order valence-corrected chi connectivity index (χ4v) is 2.72. The summed E-state index contributed by atoms with van der Waals surface area (Å²) in [5, 5.41) is 3.20. The van der Waals surface area contributed by atoms with E-state index in [0.717, 1.165) is 18.8 Å². The van der Waals surface area contributed by atoms with E-state index >= 15 is 0 Å². The number of benzene rings is 1. The Hall–Kier alpha value is -1.06. The van der Waals surface area contributed by atoms with E-state index in [9.17, 15) is 0 Å². The maximum absolute atomic E-state index is 5.48. The molecule has 3 nitrogen and oxygen atoms in total. The van der Waals surface area contributed by atoms with Gasteiger partial charge >= 0.3 is 0 Å². The van der Waals surface area contributed by atoms with E-state index in [1.54, 1.807) is 7.11 Å². The smallest absolute Gasteiger partial charge is 0.123 e. The average Bonchev–Trinajstić information content (AvgIpc) is 2.76. The van der Waals surface area contributed by atoms with E-state index in [2.05, 4.69) is 35.3 Å². The highest BCUT2D eigenvalue weighted by atomic mass is 16.5. The summed E-state index contributed by atoms with van der Waals surface area (Å²) in [6.07, 6.45) is 2.64. The fraction of sp³-hybridized carbons (Fsp3) is 0.600. The summed E-state index contributed by atoms with van der Waals surface area (Å²) in [5.74, 6) is 1.01. The third kappa shape index (κ3) is 3.03. The van der Waals surface area contributed by atoms with Gasteiger partial charge in [0.25, 0.3) is 0 Å². The van der Waals surface area contributed by atoms with Crippen LogP contribution in [0.2, 0.25) is 0 Å². The molecular formula is C15H24N2O. The van der Waals surface area contributed by atoms with Crippen molar-refractivity contribution in [2.45, 2.75) is 38.9 Å². The van der Waals surface area contributed by atoms with Crippen LogP contribution in [-0.2, 0) is 13.1 Å². The Labute approximate surface area is 110 Å². The van der Waals surface area contributed by atoms with E-state index in [0.29, 0.717) is 6.04 Å².